The molecule has 3 N–H and O–H groups in total. The van der Waals surface area contributed by atoms with Crippen molar-refractivity contribution in [3.05, 3.63) is 84.3 Å². The second kappa shape index (κ2) is 8.28. The lowest BCUT2D eigenvalue weighted by molar-refractivity contribution is 0.0696. The van der Waals surface area contributed by atoms with Crippen molar-refractivity contribution in [1.82, 2.24) is 15.2 Å². The Morgan fingerprint density at radius 2 is 2.00 bits per heavy atom. The standard InChI is InChI=1S/C24H20N4O2S/c29-24(30)17-7-8-19(15-4-5-15)23(12-17)31-28-22-11-16(18-13-26-27-14-18)6-9-20(22)21-3-1-2-10-25-21/h1-3,6-15,28H,4-5H2,(H,26,27)(H,29,30). The molecular weight excluding hydrogens is 408 g/mol. The minimum Gasteiger partial charge on any atom is -0.478 e. The molecule has 0 bridgehead atoms. The Morgan fingerprint density at radius 1 is 1.10 bits per heavy atom. The summed E-state index contributed by atoms with van der Waals surface area (Å²) in [6, 6.07) is 17.4. The van der Waals surface area contributed by atoms with Gasteiger partial charge in [0.2, 0.25) is 0 Å². The molecule has 5 rings (SSSR count). The average molecular weight is 429 g/mol. The van der Waals surface area contributed by atoms with Gasteiger partial charge in [0.25, 0.3) is 0 Å². The van der Waals surface area contributed by atoms with Gasteiger partial charge in [-0.1, -0.05) is 24.3 Å². The van der Waals surface area contributed by atoms with Gasteiger partial charge in [-0.15, -0.1) is 0 Å². The van der Waals surface area contributed by atoms with Gasteiger partial charge in [-0.25, -0.2) is 4.79 Å². The lowest BCUT2D eigenvalue weighted by atomic mass is 10.0. The number of pyridine rings is 1. The number of rotatable bonds is 7. The molecule has 31 heavy (non-hydrogen) atoms. The summed E-state index contributed by atoms with van der Waals surface area (Å²) in [5.74, 6) is -0.403. The molecular formula is C24H20N4O2S. The highest BCUT2D eigenvalue weighted by Crippen LogP contribution is 2.45. The first kappa shape index (κ1) is 19.4. The summed E-state index contributed by atoms with van der Waals surface area (Å²) in [7, 11) is 0. The monoisotopic (exact) mass is 428 g/mol. The molecule has 0 atom stereocenters. The maximum Gasteiger partial charge on any atom is 0.335 e. The van der Waals surface area contributed by atoms with E-state index < -0.39 is 5.97 Å². The van der Waals surface area contributed by atoms with Crippen LogP contribution in [0.4, 0.5) is 5.69 Å². The Hall–Kier alpha value is -3.58. The van der Waals surface area contributed by atoms with Gasteiger partial charge in [-0.2, -0.15) is 5.10 Å². The van der Waals surface area contributed by atoms with Crippen molar-refractivity contribution in [1.29, 1.82) is 0 Å². The van der Waals surface area contributed by atoms with Crippen LogP contribution in [0.2, 0.25) is 0 Å². The van der Waals surface area contributed by atoms with Crippen molar-refractivity contribution in [2.45, 2.75) is 23.7 Å². The zero-order valence-corrected chi connectivity index (χ0v) is 17.4. The molecule has 1 saturated carbocycles. The van der Waals surface area contributed by atoms with E-state index in [-0.39, 0.29) is 0 Å². The van der Waals surface area contributed by atoms with E-state index in [1.54, 1.807) is 24.5 Å². The van der Waals surface area contributed by atoms with Gasteiger partial charge in [-0.3, -0.25) is 10.1 Å². The quantitative estimate of drug-likeness (QED) is 0.321. The van der Waals surface area contributed by atoms with E-state index in [1.165, 1.54) is 17.5 Å². The molecule has 0 aliphatic heterocycles. The minimum absolute atomic E-state index is 0.297. The summed E-state index contributed by atoms with van der Waals surface area (Å²) in [6.07, 6.45) is 7.71. The molecule has 0 radical (unpaired) electrons. The van der Waals surface area contributed by atoms with Crippen LogP contribution in [0.25, 0.3) is 22.4 Å². The number of aromatic nitrogens is 3. The number of nitrogens with zero attached hydrogens (tertiary/aromatic N) is 2. The number of carboxylic acid groups (broad SMARTS) is 1. The predicted molar refractivity (Wildman–Crippen MR) is 122 cm³/mol. The summed E-state index contributed by atoms with van der Waals surface area (Å²) in [5.41, 5.74) is 6.27. The maximum atomic E-state index is 11.5. The summed E-state index contributed by atoms with van der Waals surface area (Å²) >= 11 is 1.45. The fraction of sp³-hybridized carbons (Fsp3) is 0.125. The fourth-order valence-electron chi connectivity index (χ4n) is 3.56. The molecule has 7 heteroatoms. The van der Waals surface area contributed by atoms with E-state index in [2.05, 4.69) is 26.0 Å². The summed E-state index contributed by atoms with van der Waals surface area (Å²) in [4.78, 5) is 16.9. The Labute approximate surface area is 183 Å². The number of benzene rings is 2. The largest absolute Gasteiger partial charge is 0.478 e. The number of hydrogen-bond acceptors (Lipinski definition) is 5. The Balaban J connectivity index is 1.51. The van der Waals surface area contributed by atoms with Crippen LogP contribution in [0.1, 0.15) is 34.7 Å². The van der Waals surface area contributed by atoms with Crippen LogP contribution in [-0.4, -0.2) is 26.3 Å². The van der Waals surface area contributed by atoms with E-state index in [0.717, 1.165) is 45.8 Å². The van der Waals surface area contributed by atoms with Crippen LogP contribution in [0, 0.1) is 0 Å². The van der Waals surface area contributed by atoms with Crippen LogP contribution in [0.5, 0.6) is 0 Å². The molecule has 0 amide bonds. The number of H-pyrrole nitrogens is 1. The Kier molecular flexibility index (Phi) is 5.18. The number of anilines is 1. The van der Waals surface area contributed by atoms with Gasteiger partial charge in [-0.05, 0) is 72.2 Å². The lowest BCUT2D eigenvalue weighted by Gasteiger charge is -2.15. The summed E-state index contributed by atoms with van der Waals surface area (Å²) < 4.78 is 3.47. The topological polar surface area (TPSA) is 90.9 Å². The molecule has 2 heterocycles. The molecule has 0 unspecified atom stereocenters. The number of carbonyl (C=O) groups is 1. The van der Waals surface area contributed by atoms with Gasteiger partial charge in [0, 0.05) is 28.4 Å². The van der Waals surface area contributed by atoms with E-state index in [9.17, 15) is 9.90 Å². The number of aromatic carboxylic acids is 1. The van der Waals surface area contributed by atoms with Gasteiger partial charge < -0.3 is 9.83 Å². The van der Waals surface area contributed by atoms with Crippen molar-refractivity contribution >= 4 is 23.6 Å². The zero-order valence-electron chi connectivity index (χ0n) is 16.6. The third-order valence-corrected chi connectivity index (χ3v) is 6.24. The first-order chi connectivity index (χ1) is 15.2. The number of hydrogen-bond donors (Lipinski definition) is 3. The van der Waals surface area contributed by atoms with Crippen LogP contribution in [-0.2, 0) is 0 Å². The molecule has 0 spiro atoms. The average Bonchev–Trinajstić information content (AvgIpc) is 3.50. The number of aromatic amines is 1. The number of carboxylic acids is 1. The summed E-state index contributed by atoms with van der Waals surface area (Å²) in [5, 5.41) is 16.3. The zero-order chi connectivity index (χ0) is 21.2. The molecule has 1 aliphatic rings. The number of nitrogens with one attached hydrogen (secondary N) is 2. The maximum absolute atomic E-state index is 11.5. The van der Waals surface area contributed by atoms with Crippen LogP contribution < -0.4 is 4.72 Å². The molecule has 2 aromatic carbocycles. The first-order valence-corrected chi connectivity index (χ1v) is 10.9. The molecule has 4 aromatic rings. The van der Waals surface area contributed by atoms with Crippen molar-refractivity contribution in [2.75, 3.05) is 4.72 Å². The van der Waals surface area contributed by atoms with E-state index in [1.807, 2.05) is 42.6 Å². The normalized spacial score (nSPS) is 13.2. The second-order valence-electron chi connectivity index (χ2n) is 7.50. The smallest absolute Gasteiger partial charge is 0.335 e. The highest BCUT2D eigenvalue weighted by atomic mass is 32.2. The molecule has 1 aliphatic carbocycles. The van der Waals surface area contributed by atoms with E-state index >= 15 is 0 Å². The molecule has 2 aromatic heterocycles. The third-order valence-electron chi connectivity index (χ3n) is 5.34. The molecule has 0 saturated heterocycles. The second-order valence-corrected chi connectivity index (χ2v) is 8.35. The van der Waals surface area contributed by atoms with E-state index in [0.29, 0.717) is 11.5 Å². The van der Waals surface area contributed by atoms with Gasteiger partial charge >= 0.3 is 5.97 Å². The molecule has 1 fully saturated rings. The van der Waals surface area contributed by atoms with Crippen molar-refractivity contribution < 1.29 is 9.90 Å². The van der Waals surface area contributed by atoms with Crippen LogP contribution in [0.15, 0.2) is 78.1 Å². The Morgan fingerprint density at radius 3 is 2.71 bits per heavy atom. The van der Waals surface area contributed by atoms with Crippen molar-refractivity contribution in [3.8, 4) is 22.4 Å². The highest BCUT2D eigenvalue weighted by molar-refractivity contribution is 8.00. The van der Waals surface area contributed by atoms with E-state index in [4.69, 9.17) is 0 Å². The first-order valence-electron chi connectivity index (χ1n) is 10.0. The molecule has 154 valence electrons. The highest BCUT2D eigenvalue weighted by Gasteiger charge is 2.27. The van der Waals surface area contributed by atoms with Gasteiger partial charge in [0.15, 0.2) is 0 Å². The molecule has 6 nitrogen and oxygen atoms in total. The van der Waals surface area contributed by atoms with Gasteiger partial charge in [0.05, 0.1) is 23.1 Å². The van der Waals surface area contributed by atoms with Crippen molar-refractivity contribution in [2.24, 2.45) is 0 Å². The predicted octanol–water partition coefficient (Wildman–Crippen LogP) is 5.83. The van der Waals surface area contributed by atoms with Crippen LogP contribution >= 0.6 is 11.9 Å². The lowest BCUT2D eigenvalue weighted by Crippen LogP contribution is -2.00. The SMILES string of the molecule is O=C(O)c1ccc(C2CC2)c(SNc2cc(-c3cn[nH]c3)ccc2-c2ccccn2)c1. The summed E-state index contributed by atoms with van der Waals surface area (Å²) in [6.45, 7) is 0. The van der Waals surface area contributed by atoms with Crippen molar-refractivity contribution in [3.63, 3.8) is 0 Å². The van der Waals surface area contributed by atoms with Crippen LogP contribution in [0.3, 0.4) is 0 Å². The third kappa shape index (κ3) is 4.18. The minimum atomic E-state index is -0.916. The van der Waals surface area contributed by atoms with Gasteiger partial charge in [0.1, 0.15) is 0 Å². The Bertz CT molecular complexity index is 1220. The fourth-order valence-corrected chi connectivity index (χ4v) is 4.49.